The number of hydrazine groups is 1. The van der Waals surface area contributed by atoms with Crippen LogP contribution in [-0.2, 0) is 24.6 Å². The van der Waals surface area contributed by atoms with Gasteiger partial charge in [-0.2, -0.15) is 5.01 Å². The van der Waals surface area contributed by atoms with Crippen LogP contribution in [0, 0.1) is 23.7 Å². The summed E-state index contributed by atoms with van der Waals surface area (Å²) in [5, 5.41) is 22.8. The van der Waals surface area contributed by atoms with Crippen molar-refractivity contribution in [2.45, 2.75) is 24.2 Å². The van der Waals surface area contributed by atoms with Crippen LogP contribution in [-0.4, -0.2) is 59.0 Å². The number of phenols is 1. The van der Waals surface area contributed by atoms with Gasteiger partial charge in [-0.1, -0.05) is 59.1 Å². The molecule has 1 saturated carbocycles. The summed E-state index contributed by atoms with van der Waals surface area (Å²) in [6.07, 6.45) is 1.97. The number of carboxylic acid groups (broad SMARTS) is 1. The third kappa shape index (κ3) is 5.45. The third-order valence-electron chi connectivity index (χ3n) is 11.5. The van der Waals surface area contributed by atoms with E-state index in [0.29, 0.717) is 33.2 Å². The summed E-state index contributed by atoms with van der Waals surface area (Å²) in [6.45, 7) is 0. The minimum atomic E-state index is -1.68. The number of methoxy groups -OCH3 is 2. The predicted molar refractivity (Wildman–Crippen MR) is 201 cm³/mol. The summed E-state index contributed by atoms with van der Waals surface area (Å²) in [5.74, 6) is -7.45. The van der Waals surface area contributed by atoms with Crippen molar-refractivity contribution in [2.75, 3.05) is 24.5 Å². The van der Waals surface area contributed by atoms with Gasteiger partial charge in [-0.05, 0) is 78.9 Å². The fourth-order valence-electron chi connectivity index (χ4n) is 9.11. The zero-order valence-corrected chi connectivity index (χ0v) is 30.9. The Bertz CT molecular complexity index is 2350. The Labute approximate surface area is 324 Å². The lowest BCUT2D eigenvalue weighted by Crippen LogP contribution is -2.53. The molecule has 3 fully saturated rings. The number of anilines is 2. The second kappa shape index (κ2) is 13.5. The van der Waals surface area contributed by atoms with Gasteiger partial charge in [-0.3, -0.25) is 29.5 Å². The lowest BCUT2D eigenvalue weighted by molar-refractivity contribution is -0.138. The molecule has 0 radical (unpaired) electrons. The molecule has 2 aliphatic heterocycles. The summed E-state index contributed by atoms with van der Waals surface area (Å²) in [6, 6.07) is 21.7. The van der Waals surface area contributed by atoms with Crippen LogP contribution in [0.4, 0.5) is 11.4 Å². The van der Waals surface area contributed by atoms with E-state index in [-0.39, 0.29) is 40.6 Å². The first-order chi connectivity index (χ1) is 26.4. The fraction of sp³-hybridized carbons (Fsp3) is 0.244. The summed E-state index contributed by atoms with van der Waals surface area (Å²) in [7, 11) is 2.96. The molecule has 4 aromatic rings. The minimum absolute atomic E-state index is 0.00836. The number of carboxylic acids is 1. The summed E-state index contributed by atoms with van der Waals surface area (Å²) >= 11 is 12.7. The van der Waals surface area contributed by atoms with E-state index in [1.54, 1.807) is 48.5 Å². The number of nitrogens with zero attached hydrogens (tertiary/aromatic N) is 2. The molecular formula is C41H33Cl2N3O9. The number of amides is 4. The maximum absolute atomic E-state index is 15.4. The molecule has 4 aliphatic rings. The summed E-state index contributed by atoms with van der Waals surface area (Å²) in [5.41, 5.74) is 2.93. The number of halogens is 2. The maximum Gasteiger partial charge on any atom is 0.335 e. The quantitative estimate of drug-likeness (QED) is 0.131. The maximum atomic E-state index is 15.4. The van der Waals surface area contributed by atoms with Crippen LogP contribution >= 0.6 is 23.2 Å². The molecule has 0 spiro atoms. The van der Waals surface area contributed by atoms with Crippen molar-refractivity contribution in [3.63, 3.8) is 0 Å². The molecule has 8 rings (SSSR count). The van der Waals surface area contributed by atoms with Gasteiger partial charge in [0.1, 0.15) is 17.2 Å². The average Bonchev–Trinajstić information content (AvgIpc) is 3.56. The molecule has 55 heavy (non-hydrogen) atoms. The van der Waals surface area contributed by atoms with E-state index in [4.69, 9.17) is 32.7 Å². The average molecular weight is 783 g/mol. The van der Waals surface area contributed by atoms with Gasteiger partial charge in [-0.25, -0.2) is 4.79 Å². The van der Waals surface area contributed by atoms with Gasteiger partial charge in [-0.15, -0.1) is 0 Å². The topological polar surface area (TPSA) is 163 Å². The number of hydrogen-bond acceptors (Lipinski definition) is 9. The van der Waals surface area contributed by atoms with E-state index in [9.17, 15) is 29.4 Å². The van der Waals surface area contributed by atoms with Crippen LogP contribution < -0.4 is 19.8 Å². The van der Waals surface area contributed by atoms with Crippen LogP contribution in [0.25, 0.3) is 0 Å². The normalized spacial score (nSPS) is 25.6. The second-order valence-electron chi connectivity index (χ2n) is 14.0. The van der Waals surface area contributed by atoms with Crippen molar-refractivity contribution in [1.82, 2.24) is 5.01 Å². The highest BCUT2D eigenvalue weighted by Crippen LogP contribution is 2.65. The minimum Gasteiger partial charge on any atom is -0.508 e. The number of imide groups is 2. The van der Waals surface area contributed by atoms with E-state index in [1.165, 1.54) is 50.6 Å². The summed E-state index contributed by atoms with van der Waals surface area (Å²) in [4.78, 5) is 71.8. The molecule has 0 bridgehead atoms. The molecule has 6 atom stereocenters. The Balaban J connectivity index is 1.33. The molecule has 4 amide bonds. The van der Waals surface area contributed by atoms with Crippen molar-refractivity contribution in [1.29, 1.82) is 0 Å². The van der Waals surface area contributed by atoms with Crippen molar-refractivity contribution in [3.8, 4) is 17.2 Å². The van der Waals surface area contributed by atoms with Crippen molar-refractivity contribution in [2.24, 2.45) is 23.7 Å². The summed E-state index contributed by atoms with van der Waals surface area (Å²) < 4.78 is 10.8. The van der Waals surface area contributed by atoms with E-state index in [1.807, 2.05) is 6.08 Å². The Morgan fingerprint density at radius 1 is 0.855 bits per heavy atom. The number of rotatable bonds is 8. The lowest BCUT2D eigenvalue weighted by atomic mass is 9.49. The number of carbonyl (C=O) groups excluding carboxylic acids is 4. The Morgan fingerprint density at radius 2 is 1.58 bits per heavy atom. The second-order valence-corrected chi connectivity index (χ2v) is 14.8. The molecule has 3 N–H and O–H groups in total. The Morgan fingerprint density at radius 3 is 2.25 bits per heavy atom. The first-order valence-electron chi connectivity index (χ1n) is 17.4. The first kappa shape index (κ1) is 36.1. The number of allylic oxidation sites excluding steroid dienone is 2. The number of carbonyl (C=O) groups is 5. The standard InChI is InChI=1S/C41H33Cl2N3O9/c1-54-24-9-6-21(7-10-24)41-30(37(49)46(40(41)53)44-32-15-8-22(42)17-31(32)43)19-29-26(35(41)27-12-11-25(55-2)18-33(27)47)13-14-28-34(29)38(50)45(36(28)48)23-5-3-4-20(16-23)39(51)52/h3-13,15-18,28-30,34-35,44,47H,14,19H2,1-2H3,(H,51,52). The fourth-order valence-corrected chi connectivity index (χ4v) is 9.57. The highest BCUT2D eigenvalue weighted by Gasteiger charge is 2.70. The van der Waals surface area contributed by atoms with Crippen molar-refractivity contribution < 1.29 is 43.7 Å². The zero-order chi connectivity index (χ0) is 38.9. The first-order valence-corrected chi connectivity index (χ1v) is 18.2. The number of hydrogen-bond donors (Lipinski definition) is 3. The number of ether oxygens (including phenoxy) is 2. The van der Waals surface area contributed by atoms with Gasteiger partial charge in [0.15, 0.2) is 0 Å². The number of benzene rings is 4. The van der Waals surface area contributed by atoms with Crippen LogP contribution in [0.3, 0.4) is 0 Å². The van der Waals surface area contributed by atoms with E-state index in [0.717, 1.165) is 9.91 Å². The smallest absolute Gasteiger partial charge is 0.335 e. The van der Waals surface area contributed by atoms with Crippen LogP contribution in [0.5, 0.6) is 17.2 Å². The largest absolute Gasteiger partial charge is 0.508 e. The zero-order valence-electron chi connectivity index (χ0n) is 29.4. The van der Waals surface area contributed by atoms with Crippen LogP contribution in [0.1, 0.15) is 40.2 Å². The van der Waals surface area contributed by atoms with Gasteiger partial charge in [0, 0.05) is 22.6 Å². The molecule has 12 nitrogen and oxygen atoms in total. The number of aromatic carboxylic acids is 1. The Kier molecular flexibility index (Phi) is 8.85. The SMILES string of the molecule is COc1ccc(C23C(=O)N(Nc4ccc(Cl)cc4Cl)C(=O)C2CC2C(=CCC4C(=O)N(c5cccc(C(=O)O)c5)C(=O)C42)C3c2ccc(OC)cc2O)cc1. The van der Waals surface area contributed by atoms with E-state index in [2.05, 4.69) is 5.43 Å². The van der Waals surface area contributed by atoms with Gasteiger partial charge in [0.25, 0.3) is 11.8 Å². The van der Waals surface area contributed by atoms with Gasteiger partial charge in [0.05, 0.1) is 59.3 Å². The van der Waals surface area contributed by atoms with Gasteiger partial charge < -0.3 is 19.7 Å². The highest BCUT2D eigenvalue weighted by molar-refractivity contribution is 6.36. The molecule has 0 aromatic heterocycles. The van der Waals surface area contributed by atoms with Crippen molar-refractivity contribution in [3.05, 3.63) is 123 Å². The third-order valence-corrected chi connectivity index (χ3v) is 12.0. The predicted octanol–water partition coefficient (Wildman–Crippen LogP) is 6.60. The van der Waals surface area contributed by atoms with Gasteiger partial charge in [0.2, 0.25) is 11.8 Å². The number of phenolic OH excluding ortho intramolecular Hbond substituents is 1. The molecule has 280 valence electrons. The molecule has 2 heterocycles. The van der Waals surface area contributed by atoms with Crippen molar-refractivity contribution >= 4 is 64.2 Å². The molecule has 4 aromatic carbocycles. The molecule has 2 aliphatic carbocycles. The van der Waals surface area contributed by atoms with Crippen LogP contribution in [0.2, 0.25) is 10.0 Å². The number of fused-ring (bicyclic) bond motifs is 4. The van der Waals surface area contributed by atoms with Crippen LogP contribution in [0.15, 0.2) is 96.6 Å². The van der Waals surface area contributed by atoms with E-state index >= 15 is 4.79 Å². The molecule has 14 heteroatoms. The lowest BCUT2D eigenvalue weighted by Gasteiger charge is -2.50. The number of nitrogens with one attached hydrogen (secondary N) is 1. The number of aromatic hydroxyl groups is 1. The molecule has 2 saturated heterocycles. The van der Waals surface area contributed by atoms with E-state index < -0.39 is 64.6 Å². The molecular weight excluding hydrogens is 749 g/mol. The monoisotopic (exact) mass is 781 g/mol. The van der Waals surface area contributed by atoms with Gasteiger partial charge >= 0.3 is 5.97 Å². The highest BCUT2D eigenvalue weighted by atomic mass is 35.5. The Hall–Kier alpha value is -5.85. The molecule has 6 unspecified atom stereocenters.